The molecule has 6 heteroatoms. The molecule has 26 heavy (non-hydrogen) atoms. The van der Waals surface area contributed by atoms with E-state index in [2.05, 4.69) is 9.97 Å². The third-order valence-electron chi connectivity index (χ3n) is 3.86. The zero-order valence-corrected chi connectivity index (χ0v) is 14.0. The second-order valence-electron chi connectivity index (χ2n) is 5.68. The van der Waals surface area contributed by atoms with Gasteiger partial charge in [0, 0.05) is 6.42 Å². The first-order valence-corrected chi connectivity index (χ1v) is 8.14. The predicted octanol–water partition coefficient (Wildman–Crippen LogP) is 3.53. The number of nitrogens with one attached hydrogen (secondary N) is 1. The van der Waals surface area contributed by atoms with Crippen LogP contribution in [0.15, 0.2) is 60.4 Å². The number of para-hydroxylation sites is 2. The van der Waals surface area contributed by atoms with E-state index in [4.69, 9.17) is 4.74 Å². The van der Waals surface area contributed by atoms with Gasteiger partial charge in [-0.05, 0) is 24.1 Å². The Labute approximate surface area is 150 Å². The Morgan fingerprint density at radius 3 is 2.62 bits per heavy atom. The van der Waals surface area contributed by atoms with E-state index in [9.17, 15) is 15.2 Å². The first-order valence-electron chi connectivity index (χ1n) is 8.14. The molecule has 1 aromatic heterocycles. The van der Waals surface area contributed by atoms with Crippen LogP contribution in [-0.4, -0.2) is 27.7 Å². The van der Waals surface area contributed by atoms with E-state index in [0.717, 1.165) is 11.1 Å². The number of aromatic amines is 1. The molecule has 0 fully saturated rings. The number of benzene rings is 2. The number of carbonyl (C=O) groups excluding carboxylic acids is 1. The fraction of sp³-hybridized carbons (Fsp3) is 0.150. The van der Waals surface area contributed by atoms with Gasteiger partial charge in [0.05, 0.1) is 11.0 Å². The van der Waals surface area contributed by atoms with Crippen molar-refractivity contribution in [1.82, 2.24) is 9.97 Å². The van der Waals surface area contributed by atoms with Gasteiger partial charge in [-0.2, -0.15) is 5.26 Å². The second kappa shape index (κ2) is 7.99. The summed E-state index contributed by atoms with van der Waals surface area (Å²) in [5, 5.41) is 19.5. The number of aliphatic hydroxyl groups is 1. The third-order valence-corrected chi connectivity index (χ3v) is 3.86. The number of esters is 1. The normalized spacial score (nSPS) is 11.7. The van der Waals surface area contributed by atoms with Crippen LogP contribution in [0.3, 0.4) is 0 Å². The molecule has 6 nitrogen and oxygen atoms in total. The van der Waals surface area contributed by atoms with Crippen LogP contribution in [0.4, 0.5) is 0 Å². The maximum Gasteiger partial charge on any atom is 0.306 e. The predicted molar refractivity (Wildman–Crippen MR) is 97.0 cm³/mol. The van der Waals surface area contributed by atoms with Crippen LogP contribution in [0.1, 0.15) is 17.8 Å². The molecule has 0 atom stereocenters. The van der Waals surface area contributed by atoms with E-state index in [-0.39, 0.29) is 30.2 Å². The molecule has 0 amide bonds. The van der Waals surface area contributed by atoms with Crippen LogP contribution in [0, 0.1) is 11.3 Å². The number of allylic oxidation sites excluding steroid dienone is 1. The quantitative estimate of drug-likeness (QED) is 0.404. The summed E-state index contributed by atoms with van der Waals surface area (Å²) in [6.45, 7) is -0.367. The van der Waals surface area contributed by atoms with E-state index >= 15 is 0 Å². The number of hydrogen-bond acceptors (Lipinski definition) is 5. The summed E-state index contributed by atoms with van der Waals surface area (Å²) >= 11 is 0. The lowest BCUT2D eigenvalue weighted by atomic mass is 10.1. The van der Waals surface area contributed by atoms with Gasteiger partial charge in [0.15, 0.2) is 11.6 Å². The van der Waals surface area contributed by atoms with E-state index in [1.54, 1.807) is 6.07 Å². The molecule has 1 heterocycles. The Hall–Kier alpha value is -3.59. The highest BCUT2D eigenvalue weighted by Crippen LogP contribution is 2.18. The maximum absolute atomic E-state index is 11.8. The lowest BCUT2D eigenvalue weighted by molar-refractivity contribution is -0.143. The molecule has 0 radical (unpaired) electrons. The number of carbonyl (C=O) groups is 1. The lowest BCUT2D eigenvalue weighted by Gasteiger charge is -2.05. The van der Waals surface area contributed by atoms with E-state index in [1.165, 1.54) is 0 Å². The average Bonchev–Trinajstić information content (AvgIpc) is 3.09. The molecule has 0 aliphatic carbocycles. The largest absolute Gasteiger partial charge is 0.507 e. The number of aliphatic hydroxyl groups excluding tert-OH is 1. The molecule has 0 bridgehead atoms. The summed E-state index contributed by atoms with van der Waals surface area (Å²) in [7, 11) is 0. The first-order chi connectivity index (χ1) is 12.7. The molecule has 0 saturated heterocycles. The molecular weight excluding hydrogens is 330 g/mol. The second-order valence-corrected chi connectivity index (χ2v) is 5.68. The van der Waals surface area contributed by atoms with Crippen LogP contribution in [-0.2, 0) is 16.0 Å². The van der Waals surface area contributed by atoms with Crippen LogP contribution in [0.25, 0.3) is 16.6 Å². The van der Waals surface area contributed by atoms with E-state index in [0.29, 0.717) is 11.9 Å². The number of nitrogens with zero attached hydrogens (tertiary/aromatic N) is 2. The monoisotopic (exact) mass is 347 g/mol. The number of aromatic nitrogens is 2. The number of rotatable bonds is 6. The van der Waals surface area contributed by atoms with Crippen molar-refractivity contribution in [2.45, 2.75) is 12.8 Å². The minimum atomic E-state index is -0.442. The fourth-order valence-electron chi connectivity index (χ4n) is 2.51. The Morgan fingerprint density at radius 2 is 1.88 bits per heavy atom. The first kappa shape index (κ1) is 17.2. The van der Waals surface area contributed by atoms with Crippen molar-refractivity contribution >= 4 is 22.6 Å². The molecule has 2 N–H and O–H groups in total. The zero-order valence-electron chi connectivity index (χ0n) is 14.0. The SMILES string of the molecule is N#C/C(=C(/O)COC(=O)CCc1ccccc1)c1nc2ccccc2[nH]1. The molecule has 3 rings (SSSR count). The van der Waals surface area contributed by atoms with Crippen LogP contribution in [0.2, 0.25) is 0 Å². The van der Waals surface area contributed by atoms with Crippen LogP contribution in [0.5, 0.6) is 0 Å². The Balaban J connectivity index is 1.63. The Bertz CT molecular complexity index is 951. The highest BCUT2D eigenvalue weighted by atomic mass is 16.5. The van der Waals surface area contributed by atoms with Crippen LogP contribution < -0.4 is 0 Å². The number of aryl methyl sites for hydroxylation is 1. The van der Waals surface area contributed by atoms with E-state index in [1.807, 2.05) is 54.6 Å². The van der Waals surface area contributed by atoms with Crippen molar-refractivity contribution in [1.29, 1.82) is 5.26 Å². The van der Waals surface area contributed by atoms with Crippen molar-refractivity contribution in [2.75, 3.05) is 6.61 Å². The van der Waals surface area contributed by atoms with Crippen molar-refractivity contribution in [2.24, 2.45) is 0 Å². The fourth-order valence-corrected chi connectivity index (χ4v) is 2.51. The minimum absolute atomic E-state index is 0.0444. The lowest BCUT2D eigenvalue weighted by Crippen LogP contribution is -2.09. The van der Waals surface area contributed by atoms with Gasteiger partial charge in [0.2, 0.25) is 0 Å². The third kappa shape index (κ3) is 4.08. The summed E-state index contributed by atoms with van der Waals surface area (Å²) < 4.78 is 5.06. The number of hydrogen-bond donors (Lipinski definition) is 2. The zero-order chi connectivity index (χ0) is 18.4. The minimum Gasteiger partial charge on any atom is -0.507 e. The van der Waals surface area contributed by atoms with Gasteiger partial charge in [0.1, 0.15) is 18.2 Å². The number of fused-ring (bicyclic) bond motifs is 1. The van der Waals surface area contributed by atoms with Crippen molar-refractivity contribution in [3.8, 4) is 6.07 Å². The Morgan fingerprint density at radius 1 is 1.15 bits per heavy atom. The topological polar surface area (TPSA) is 99.0 Å². The van der Waals surface area contributed by atoms with Gasteiger partial charge in [-0.1, -0.05) is 42.5 Å². The Kier molecular flexibility index (Phi) is 5.30. The molecule has 0 aliphatic heterocycles. The van der Waals surface area contributed by atoms with Gasteiger partial charge in [-0.3, -0.25) is 4.79 Å². The molecule has 3 aromatic rings. The van der Waals surface area contributed by atoms with Gasteiger partial charge in [0.25, 0.3) is 0 Å². The molecule has 0 unspecified atom stereocenters. The number of H-pyrrole nitrogens is 1. The highest BCUT2D eigenvalue weighted by Gasteiger charge is 2.14. The van der Waals surface area contributed by atoms with E-state index < -0.39 is 5.97 Å². The molecule has 130 valence electrons. The summed E-state index contributed by atoms with van der Waals surface area (Å²) in [5.41, 5.74) is 2.42. The standard InChI is InChI=1S/C20H17N3O3/c21-12-15(20-22-16-8-4-5-9-17(16)23-20)18(24)13-26-19(25)11-10-14-6-2-1-3-7-14/h1-9,24H,10-11,13H2,(H,22,23)/b18-15-. The number of ether oxygens (including phenoxy) is 1. The molecular formula is C20H17N3O3. The van der Waals surface area contributed by atoms with Gasteiger partial charge >= 0.3 is 5.97 Å². The summed E-state index contributed by atoms with van der Waals surface area (Å²) in [6, 6.07) is 18.8. The van der Waals surface area contributed by atoms with Gasteiger partial charge in [-0.15, -0.1) is 0 Å². The van der Waals surface area contributed by atoms with Crippen LogP contribution >= 0.6 is 0 Å². The molecule has 0 saturated carbocycles. The van der Waals surface area contributed by atoms with Crippen molar-refractivity contribution < 1.29 is 14.6 Å². The summed E-state index contributed by atoms with van der Waals surface area (Å²) in [5.74, 6) is -0.534. The molecule has 0 aliphatic rings. The molecule has 2 aromatic carbocycles. The van der Waals surface area contributed by atoms with Crippen molar-refractivity contribution in [3.05, 3.63) is 71.7 Å². The molecule has 0 spiro atoms. The van der Waals surface area contributed by atoms with Crippen molar-refractivity contribution in [3.63, 3.8) is 0 Å². The summed E-state index contributed by atoms with van der Waals surface area (Å²) in [6.07, 6.45) is 0.753. The van der Waals surface area contributed by atoms with Gasteiger partial charge < -0.3 is 14.8 Å². The maximum atomic E-state index is 11.8. The number of nitriles is 1. The number of imidazole rings is 1. The van der Waals surface area contributed by atoms with Gasteiger partial charge in [-0.25, -0.2) is 4.98 Å². The highest BCUT2D eigenvalue weighted by molar-refractivity contribution is 5.83. The summed E-state index contributed by atoms with van der Waals surface area (Å²) in [4.78, 5) is 19.1. The average molecular weight is 347 g/mol. The smallest absolute Gasteiger partial charge is 0.306 e.